The van der Waals surface area contributed by atoms with Crippen molar-refractivity contribution in [3.63, 3.8) is 0 Å². The molecule has 0 saturated heterocycles. The number of rotatable bonds is 3. The molecule has 2 rings (SSSR count). The summed E-state index contributed by atoms with van der Waals surface area (Å²) in [7, 11) is 0. The number of aromatic nitrogens is 1. The SMILES string of the molecule is CC(NC(=O)c1cncc(F)c1)c1ccccc1N. The molecule has 0 aliphatic heterocycles. The zero-order valence-corrected chi connectivity index (χ0v) is 10.4. The average Bonchev–Trinajstić information content (AvgIpc) is 2.39. The first-order valence-electron chi connectivity index (χ1n) is 5.83. The number of carbonyl (C=O) groups excluding carboxylic acids is 1. The van der Waals surface area contributed by atoms with Gasteiger partial charge in [0, 0.05) is 11.9 Å². The van der Waals surface area contributed by atoms with E-state index in [9.17, 15) is 9.18 Å². The summed E-state index contributed by atoms with van der Waals surface area (Å²) in [5, 5.41) is 2.75. The lowest BCUT2D eigenvalue weighted by atomic mass is 10.1. The molecule has 1 heterocycles. The van der Waals surface area contributed by atoms with Gasteiger partial charge in [0.15, 0.2) is 0 Å². The molecule has 5 heteroatoms. The van der Waals surface area contributed by atoms with Gasteiger partial charge < -0.3 is 11.1 Å². The van der Waals surface area contributed by atoms with Crippen molar-refractivity contribution in [1.29, 1.82) is 0 Å². The van der Waals surface area contributed by atoms with Gasteiger partial charge in [-0.05, 0) is 24.6 Å². The van der Waals surface area contributed by atoms with Crippen LogP contribution in [0.4, 0.5) is 10.1 Å². The predicted molar refractivity (Wildman–Crippen MR) is 70.9 cm³/mol. The second kappa shape index (κ2) is 5.48. The number of halogens is 1. The number of nitrogens with one attached hydrogen (secondary N) is 1. The van der Waals surface area contributed by atoms with Gasteiger partial charge in [-0.3, -0.25) is 9.78 Å². The first-order chi connectivity index (χ1) is 9.08. The van der Waals surface area contributed by atoms with Crippen molar-refractivity contribution in [3.8, 4) is 0 Å². The molecule has 4 nitrogen and oxygen atoms in total. The van der Waals surface area contributed by atoms with Crippen LogP contribution in [0.2, 0.25) is 0 Å². The lowest BCUT2D eigenvalue weighted by Gasteiger charge is -2.16. The summed E-state index contributed by atoms with van der Waals surface area (Å²) in [5.74, 6) is -0.928. The van der Waals surface area contributed by atoms with E-state index >= 15 is 0 Å². The van der Waals surface area contributed by atoms with E-state index < -0.39 is 5.82 Å². The second-order valence-corrected chi connectivity index (χ2v) is 4.22. The Kier molecular flexibility index (Phi) is 3.75. The first kappa shape index (κ1) is 13.0. The summed E-state index contributed by atoms with van der Waals surface area (Å²) in [5.41, 5.74) is 7.44. The molecule has 3 N–H and O–H groups in total. The summed E-state index contributed by atoms with van der Waals surface area (Å²) in [6, 6.07) is 8.15. The van der Waals surface area contributed by atoms with E-state index in [1.165, 1.54) is 6.20 Å². The number of nitrogen functional groups attached to an aromatic ring is 1. The standard InChI is InChI=1S/C14H14FN3O/c1-9(12-4-2-3-5-13(12)16)18-14(19)10-6-11(15)8-17-7-10/h2-9H,16H2,1H3,(H,18,19). The van der Waals surface area contributed by atoms with E-state index in [1.54, 1.807) is 6.07 Å². The first-order valence-corrected chi connectivity index (χ1v) is 5.83. The van der Waals surface area contributed by atoms with E-state index in [2.05, 4.69) is 10.3 Å². The normalized spacial score (nSPS) is 11.9. The lowest BCUT2D eigenvalue weighted by molar-refractivity contribution is 0.0939. The zero-order chi connectivity index (χ0) is 13.8. The average molecular weight is 259 g/mol. The summed E-state index contributed by atoms with van der Waals surface area (Å²) in [6.45, 7) is 1.82. The van der Waals surface area contributed by atoms with Crippen molar-refractivity contribution in [1.82, 2.24) is 10.3 Å². The topological polar surface area (TPSA) is 68.0 Å². The molecule has 2 aromatic rings. The quantitative estimate of drug-likeness (QED) is 0.831. The third-order valence-corrected chi connectivity index (χ3v) is 2.78. The fraction of sp³-hybridized carbons (Fsp3) is 0.143. The number of anilines is 1. The fourth-order valence-electron chi connectivity index (χ4n) is 1.80. The van der Waals surface area contributed by atoms with Crippen molar-refractivity contribution in [2.75, 3.05) is 5.73 Å². The van der Waals surface area contributed by atoms with Crippen LogP contribution >= 0.6 is 0 Å². The summed E-state index contributed by atoms with van der Waals surface area (Å²) in [4.78, 5) is 15.6. The van der Waals surface area contributed by atoms with Crippen molar-refractivity contribution in [2.45, 2.75) is 13.0 Å². The van der Waals surface area contributed by atoms with Gasteiger partial charge in [0.05, 0.1) is 17.8 Å². The molecule has 1 aromatic carbocycles. The van der Waals surface area contributed by atoms with Crippen LogP contribution in [0.3, 0.4) is 0 Å². The largest absolute Gasteiger partial charge is 0.398 e. The molecule has 98 valence electrons. The van der Waals surface area contributed by atoms with Gasteiger partial charge in [-0.1, -0.05) is 18.2 Å². The van der Waals surface area contributed by atoms with Crippen LogP contribution in [-0.4, -0.2) is 10.9 Å². The molecule has 0 aliphatic rings. The maximum Gasteiger partial charge on any atom is 0.253 e. The smallest absolute Gasteiger partial charge is 0.253 e. The van der Waals surface area contributed by atoms with Crippen LogP contribution in [0.15, 0.2) is 42.7 Å². The van der Waals surface area contributed by atoms with Gasteiger partial charge in [0.2, 0.25) is 0 Å². The number of para-hydroxylation sites is 1. The maximum absolute atomic E-state index is 13.0. The highest BCUT2D eigenvalue weighted by molar-refractivity contribution is 5.94. The van der Waals surface area contributed by atoms with E-state index in [4.69, 9.17) is 5.73 Å². The molecule has 1 atom stereocenters. The van der Waals surface area contributed by atoms with Gasteiger partial charge >= 0.3 is 0 Å². The Labute approximate surface area is 110 Å². The van der Waals surface area contributed by atoms with E-state index in [0.29, 0.717) is 5.69 Å². The van der Waals surface area contributed by atoms with Crippen LogP contribution in [0, 0.1) is 5.82 Å². The molecule has 0 fully saturated rings. The van der Waals surface area contributed by atoms with Crippen molar-refractivity contribution >= 4 is 11.6 Å². The van der Waals surface area contributed by atoms with Crippen LogP contribution in [0.5, 0.6) is 0 Å². The number of nitrogens with zero attached hydrogens (tertiary/aromatic N) is 1. The lowest BCUT2D eigenvalue weighted by Crippen LogP contribution is -2.27. The Hall–Kier alpha value is -2.43. The molecule has 0 radical (unpaired) electrons. The van der Waals surface area contributed by atoms with Crippen molar-refractivity contribution in [2.24, 2.45) is 0 Å². The molecular formula is C14H14FN3O. The van der Waals surface area contributed by atoms with Crippen LogP contribution in [0.25, 0.3) is 0 Å². The fourth-order valence-corrected chi connectivity index (χ4v) is 1.80. The number of carbonyl (C=O) groups is 1. The second-order valence-electron chi connectivity index (χ2n) is 4.22. The Morgan fingerprint density at radius 3 is 2.79 bits per heavy atom. The minimum absolute atomic E-state index is 0.182. The van der Waals surface area contributed by atoms with Gasteiger partial charge in [-0.15, -0.1) is 0 Å². The molecule has 0 aliphatic carbocycles. The third kappa shape index (κ3) is 3.07. The van der Waals surface area contributed by atoms with E-state index in [0.717, 1.165) is 17.8 Å². The van der Waals surface area contributed by atoms with Gasteiger partial charge in [-0.2, -0.15) is 0 Å². The molecule has 1 amide bonds. The number of hydrogen-bond donors (Lipinski definition) is 2. The van der Waals surface area contributed by atoms with Crippen LogP contribution in [-0.2, 0) is 0 Å². The van der Waals surface area contributed by atoms with Crippen LogP contribution in [0.1, 0.15) is 28.9 Å². The highest BCUT2D eigenvalue weighted by Gasteiger charge is 2.13. The molecular weight excluding hydrogens is 245 g/mol. The highest BCUT2D eigenvalue weighted by Crippen LogP contribution is 2.19. The Morgan fingerprint density at radius 1 is 1.37 bits per heavy atom. The number of amides is 1. The zero-order valence-electron chi connectivity index (χ0n) is 10.4. The number of pyridine rings is 1. The number of benzene rings is 1. The Morgan fingerprint density at radius 2 is 2.11 bits per heavy atom. The minimum Gasteiger partial charge on any atom is -0.398 e. The highest BCUT2D eigenvalue weighted by atomic mass is 19.1. The molecule has 1 aromatic heterocycles. The van der Waals surface area contributed by atoms with Gasteiger partial charge in [-0.25, -0.2) is 4.39 Å². The Bertz CT molecular complexity index is 601. The van der Waals surface area contributed by atoms with Gasteiger partial charge in [0.1, 0.15) is 5.82 Å². The van der Waals surface area contributed by atoms with Gasteiger partial charge in [0.25, 0.3) is 5.91 Å². The summed E-state index contributed by atoms with van der Waals surface area (Å²) >= 11 is 0. The van der Waals surface area contributed by atoms with E-state index in [1.807, 2.05) is 25.1 Å². The number of nitrogens with two attached hydrogens (primary N) is 1. The number of hydrogen-bond acceptors (Lipinski definition) is 3. The predicted octanol–water partition coefficient (Wildman–Crippen LogP) is 2.29. The molecule has 19 heavy (non-hydrogen) atoms. The summed E-state index contributed by atoms with van der Waals surface area (Å²) < 4.78 is 13.0. The maximum atomic E-state index is 13.0. The molecule has 1 unspecified atom stereocenters. The molecule has 0 bridgehead atoms. The molecule has 0 spiro atoms. The minimum atomic E-state index is -0.542. The van der Waals surface area contributed by atoms with E-state index in [-0.39, 0.29) is 17.5 Å². The molecule has 0 saturated carbocycles. The summed E-state index contributed by atoms with van der Waals surface area (Å²) in [6.07, 6.45) is 2.37. The van der Waals surface area contributed by atoms with Crippen molar-refractivity contribution < 1.29 is 9.18 Å². The van der Waals surface area contributed by atoms with Crippen LogP contribution < -0.4 is 11.1 Å². The Balaban J connectivity index is 2.13. The monoisotopic (exact) mass is 259 g/mol. The third-order valence-electron chi connectivity index (χ3n) is 2.78. The van der Waals surface area contributed by atoms with Crippen molar-refractivity contribution in [3.05, 3.63) is 59.7 Å².